The van der Waals surface area contributed by atoms with Gasteiger partial charge < -0.3 is 10.1 Å². The van der Waals surface area contributed by atoms with Gasteiger partial charge in [-0.3, -0.25) is 0 Å². The van der Waals surface area contributed by atoms with Gasteiger partial charge in [0.1, 0.15) is 0 Å². The smallest absolute Gasteiger partial charge is 0.0726 e. The van der Waals surface area contributed by atoms with E-state index in [9.17, 15) is 0 Å². The Bertz CT molecular complexity index is 297. The third kappa shape index (κ3) is 4.64. The van der Waals surface area contributed by atoms with Crippen LogP contribution in [-0.4, -0.2) is 19.7 Å². The average Bonchev–Trinajstić information content (AvgIpc) is 2.26. The van der Waals surface area contributed by atoms with E-state index in [0.717, 1.165) is 11.0 Å². The highest BCUT2D eigenvalue weighted by molar-refractivity contribution is 9.10. The lowest BCUT2D eigenvalue weighted by Gasteiger charge is -2.21. The van der Waals surface area contributed by atoms with Crippen molar-refractivity contribution in [3.05, 3.63) is 34.3 Å². The molecule has 0 fully saturated rings. The zero-order valence-corrected chi connectivity index (χ0v) is 11.8. The molecule has 0 aromatic heterocycles. The van der Waals surface area contributed by atoms with Crippen LogP contribution in [0.1, 0.15) is 19.4 Å². The van der Waals surface area contributed by atoms with Gasteiger partial charge in [0.2, 0.25) is 0 Å². The van der Waals surface area contributed by atoms with E-state index in [4.69, 9.17) is 4.74 Å². The maximum atomic E-state index is 5.89. The quantitative estimate of drug-likeness (QED) is 0.867. The van der Waals surface area contributed by atoms with Gasteiger partial charge in [0.05, 0.1) is 12.7 Å². The third-order valence-electron chi connectivity index (χ3n) is 2.53. The van der Waals surface area contributed by atoms with Gasteiger partial charge in [-0.15, -0.1) is 0 Å². The van der Waals surface area contributed by atoms with Crippen molar-refractivity contribution in [1.82, 2.24) is 5.32 Å². The summed E-state index contributed by atoms with van der Waals surface area (Å²) in [6, 6.07) is 8.25. The Kier molecular flexibility index (Phi) is 6.03. The van der Waals surface area contributed by atoms with Crippen LogP contribution in [0.15, 0.2) is 28.7 Å². The molecule has 0 aliphatic carbocycles. The van der Waals surface area contributed by atoms with E-state index in [1.165, 1.54) is 5.56 Å². The Labute approximate surface area is 107 Å². The number of nitrogens with one attached hydrogen (secondary N) is 1. The van der Waals surface area contributed by atoms with Crippen molar-refractivity contribution in [3.63, 3.8) is 0 Å². The topological polar surface area (TPSA) is 21.3 Å². The fourth-order valence-corrected chi connectivity index (χ4v) is 1.74. The number of hydrogen-bond acceptors (Lipinski definition) is 2. The van der Waals surface area contributed by atoms with Crippen LogP contribution in [0.4, 0.5) is 0 Å². The molecule has 0 aliphatic rings. The second kappa shape index (κ2) is 7.05. The van der Waals surface area contributed by atoms with Crippen molar-refractivity contribution < 1.29 is 4.74 Å². The lowest BCUT2D eigenvalue weighted by molar-refractivity contribution is 0.0125. The zero-order valence-electron chi connectivity index (χ0n) is 10.2. The summed E-state index contributed by atoms with van der Waals surface area (Å²) in [5, 5.41) is 3.16. The van der Waals surface area contributed by atoms with Crippen LogP contribution < -0.4 is 5.32 Å². The number of halogens is 1. The monoisotopic (exact) mass is 285 g/mol. The van der Waals surface area contributed by atoms with E-state index in [2.05, 4.69) is 47.2 Å². The Morgan fingerprint density at radius 3 is 2.38 bits per heavy atom. The van der Waals surface area contributed by atoms with Gasteiger partial charge in [0.25, 0.3) is 0 Å². The Hall–Kier alpha value is -0.380. The van der Waals surface area contributed by atoms with Crippen molar-refractivity contribution in [3.8, 4) is 0 Å². The van der Waals surface area contributed by atoms with Crippen LogP contribution >= 0.6 is 15.9 Å². The van der Waals surface area contributed by atoms with Crippen molar-refractivity contribution in [2.75, 3.05) is 13.6 Å². The van der Waals surface area contributed by atoms with Gasteiger partial charge >= 0.3 is 0 Å². The van der Waals surface area contributed by atoms with Crippen LogP contribution in [0.3, 0.4) is 0 Å². The highest BCUT2D eigenvalue weighted by Gasteiger charge is 2.12. The highest BCUT2D eigenvalue weighted by Crippen LogP contribution is 2.13. The minimum atomic E-state index is 0.272. The number of likely N-dealkylation sites (N-methyl/N-ethyl adjacent to an activating group) is 1. The molecule has 0 aliphatic heterocycles. The Morgan fingerprint density at radius 1 is 1.25 bits per heavy atom. The second-order valence-electron chi connectivity index (χ2n) is 4.28. The Morgan fingerprint density at radius 2 is 1.88 bits per heavy atom. The molecule has 2 nitrogen and oxygen atoms in total. The van der Waals surface area contributed by atoms with Crippen molar-refractivity contribution in [2.45, 2.75) is 26.6 Å². The van der Waals surface area contributed by atoms with Crippen LogP contribution in [0.2, 0.25) is 0 Å². The van der Waals surface area contributed by atoms with Crippen molar-refractivity contribution in [2.24, 2.45) is 5.92 Å². The summed E-state index contributed by atoms with van der Waals surface area (Å²) in [6.45, 7) is 5.94. The van der Waals surface area contributed by atoms with Crippen LogP contribution in [0.5, 0.6) is 0 Å². The van der Waals surface area contributed by atoms with E-state index in [1.54, 1.807) is 0 Å². The van der Waals surface area contributed by atoms with Crippen LogP contribution in [0, 0.1) is 5.92 Å². The summed E-state index contributed by atoms with van der Waals surface area (Å²) in [4.78, 5) is 0. The predicted molar refractivity (Wildman–Crippen MR) is 71.5 cm³/mol. The maximum absolute atomic E-state index is 5.89. The summed E-state index contributed by atoms with van der Waals surface area (Å²) in [6.07, 6.45) is 0.272. The molecule has 0 heterocycles. The van der Waals surface area contributed by atoms with Crippen molar-refractivity contribution >= 4 is 15.9 Å². The van der Waals surface area contributed by atoms with Gasteiger partial charge in [0, 0.05) is 11.0 Å². The molecule has 0 saturated carbocycles. The lowest BCUT2D eigenvalue weighted by Crippen LogP contribution is -2.31. The van der Waals surface area contributed by atoms with Crippen LogP contribution in [0.25, 0.3) is 0 Å². The highest BCUT2D eigenvalue weighted by atomic mass is 79.9. The van der Waals surface area contributed by atoms with E-state index in [1.807, 2.05) is 19.2 Å². The molecule has 0 radical (unpaired) electrons. The number of rotatable bonds is 6. The molecule has 0 bridgehead atoms. The first-order valence-corrected chi connectivity index (χ1v) is 6.43. The fraction of sp³-hybridized carbons (Fsp3) is 0.538. The van der Waals surface area contributed by atoms with Gasteiger partial charge in [-0.25, -0.2) is 0 Å². The van der Waals surface area contributed by atoms with E-state index in [0.29, 0.717) is 12.5 Å². The maximum Gasteiger partial charge on any atom is 0.0726 e. The minimum absolute atomic E-state index is 0.272. The fourth-order valence-electron chi connectivity index (χ4n) is 1.47. The molecule has 0 saturated heterocycles. The molecule has 1 atom stereocenters. The first-order valence-electron chi connectivity index (χ1n) is 5.64. The first kappa shape index (κ1) is 13.7. The second-order valence-corrected chi connectivity index (χ2v) is 5.19. The van der Waals surface area contributed by atoms with Crippen LogP contribution in [-0.2, 0) is 11.3 Å². The van der Waals surface area contributed by atoms with Gasteiger partial charge in [-0.2, -0.15) is 0 Å². The molecule has 1 aromatic rings. The molecule has 1 N–H and O–H groups in total. The summed E-state index contributed by atoms with van der Waals surface area (Å²) in [5.74, 6) is 0.530. The van der Waals surface area contributed by atoms with E-state index < -0.39 is 0 Å². The summed E-state index contributed by atoms with van der Waals surface area (Å²) in [7, 11) is 1.96. The zero-order chi connectivity index (χ0) is 12.0. The molecule has 1 aromatic carbocycles. The molecule has 0 amide bonds. The molecule has 90 valence electrons. The molecule has 1 unspecified atom stereocenters. The Balaban J connectivity index is 2.45. The SMILES string of the molecule is CNCC(OCc1ccc(Br)cc1)C(C)C. The molecule has 3 heteroatoms. The molecular weight excluding hydrogens is 266 g/mol. The summed E-state index contributed by atoms with van der Waals surface area (Å²) >= 11 is 3.42. The normalized spacial score (nSPS) is 13.1. The molecule has 1 rings (SSSR count). The third-order valence-corrected chi connectivity index (χ3v) is 3.05. The molecule has 0 spiro atoms. The average molecular weight is 286 g/mol. The summed E-state index contributed by atoms with van der Waals surface area (Å²) < 4.78 is 7.00. The minimum Gasteiger partial charge on any atom is -0.372 e. The predicted octanol–water partition coefficient (Wildman–Crippen LogP) is 3.21. The lowest BCUT2D eigenvalue weighted by atomic mass is 10.1. The van der Waals surface area contributed by atoms with E-state index in [-0.39, 0.29) is 6.10 Å². The van der Waals surface area contributed by atoms with Gasteiger partial charge in [0.15, 0.2) is 0 Å². The standard InChI is InChI=1S/C13H20BrNO/c1-10(2)13(8-15-3)16-9-11-4-6-12(14)7-5-11/h4-7,10,13,15H,8-9H2,1-3H3. The van der Waals surface area contributed by atoms with Gasteiger partial charge in [-0.05, 0) is 30.7 Å². The first-order chi connectivity index (χ1) is 7.63. The number of benzene rings is 1. The molecular formula is C13H20BrNO. The number of ether oxygens (including phenoxy) is 1. The molecule has 16 heavy (non-hydrogen) atoms. The van der Waals surface area contributed by atoms with E-state index >= 15 is 0 Å². The van der Waals surface area contributed by atoms with Gasteiger partial charge in [-0.1, -0.05) is 41.9 Å². The largest absolute Gasteiger partial charge is 0.372 e. The number of hydrogen-bond donors (Lipinski definition) is 1. The summed E-state index contributed by atoms with van der Waals surface area (Å²) in [5.41, 5.74) is 1.21. The van der Waals surface area contributed by atoms with Crippen molar-refractivity contribution in [1.29, 1.82) is 0 Å².